The molecule has 0 aromatic heterocycles. The van der Waals surface area contributed by atoms with Crippen LogP contribution in [0.2, 0.25) is 0 Å². The van der Waals surface area contributed by atoms with Crippen molar-refractivity contribution in [1.82, 2.24) is 5.32 Å². The Labute approximate surface area is 183 Å². The van der Waals surface area contributed by atoms with Gasteiger partial charge in [0.15, 0.2) is 0 Å². The number of hydrogen-bond acceptors (Lipinski definition) is 2. The summed E-state index contributed by atoms with van der Waals surface area (Å²) in [5.41, 5.74) is 3.67. The summed E-state index contributed by atoms with van der Waals surface area (Å²) in [5.74, 6) is 0.205. The number of thioether (sulfide) groups is 1. The van der Waals surface area contributed by atoms with E-state index in [4.69, 9.17) is 0 Å². The van der Waals surface area contributed by atoms with Crippen molar-refractivity contribution in [3.63, 3.8) is 0 Å². The Balaban J connectivity index is 1.92. The molecular weight excluding hydrogens is 386 g/mol. The maximum Gasteiger partial charge on any atom is 0.224 e. The normalized spacial score (nSPS) is 11.6. The van der Waals surface area contributed by atoms with Crippen molar-refractivity contribution in [1.29, 1.82) is 0 Å². The maximum atomic E-state index is 12.5. The molecule has 0 radical (unpaired) electrons. The molecule has 1 unspecified atom stereocenters. The van der Waals surface area contributed by atoms with Crippen LogP contribution in [0.3, 0.4) is 0 Å². The van der Waals surface area contributed by atoms with E-state index in [-0.39, 0.29) is 17.7 Å². The summed E-state index contributed by atoms with van der Waals surface area (Å²) in [5, 5.41) is 4.84. The third-order valence-corrected chi connectivity index (χ3v) is 5.72. The highest BCUT2D eigenvalue weighted by atomic mass is 32.2. The average Bonchev–Trinajstić information content (AvgIpc) is 2.78. The van der Waals surface area contributed by atoms with Gasteiger partial charge in [-0.05, 0) is 27.0 Å². The second-order valence-corrected chi connectivity index (χ2v) is 8.27. The molecule has 0 saturated heterocycles. The second kappa shape index (κ2) is 11.2. The summed E-state index contributed by atoms with van der Waals surface area (Å²) >= 11 is 1.40. The fraction of sp³-hybridized carbons (Fsp3) is 0.148. The van der Waals surface area contributed by atoms with Crippen molar-refractivity contribution in [2.45, 2.75) is 18.3 Å². The van der Waals surface area contributed by atoms with Gasteiger partial charge in [0.25, 0.3) is 0 Å². The smallest absolute Gasteiger partial charge is 0.224 e. The molecule has 1 amide bonds. The predicted molar refractivity (Wildman–Crippen MR) is 128 cm³/mol. The summed E-state index contributed by atoms with van der Waals surface area (Å²) in [6.45, 7) is 8.16. The number of nitrogens with one attached hydrogen (secondary N) is 1. The molecule has 0 spiro atoms. The molecule has 0 heterocycles. The maximum absolute atomic E-state index is 12.5. The zero-order chi connectivity index (χ0) is 21.2. The SMILES string of the molecule is C=CSC(=C)CC(=O)NCC(c1ccccc1)C(c1ccccc1)c1ccccc1. The molecule has 3 heteroatoms. The van der Waals surface area contributed by atoms with Crippen LogP contribution < -0.4 is 5.32 Å². The number of carbonyl (C=O) groups is 1. The van der Waals surface area contributed by atoms with Gasteiger partial charge in [0.05, 0.1) is 6.42 Å². The summed E-state index contributed by atoms with van der Waals surface area (Å²) < 4.78 is 0. The van der Waals surface area contributed by atoms with Gasteiger partial charge in [-0.1, -0.05) is 104 Å². The molecule has 1 N–H and O–H groups in total. The molecule has 152 valence electrons. The van der Waals surface area contributed by atoms with Crippen molar-refractivity contribution in [3.8, 4) is 0 Å². The first-order valence-corrected chi connectivity index (χ1v) is 10.9. The molecule has 0 fully saturated rings. The van der Waals surface area contributed by atoms with Crippen molar-refractivity contribution in [3.05, 3.63) is 131 Å². The number of carbonyl (C=O) groups excluding carboxylic acids is 1. The van der Waals surface area contributed by atoms with Gasteiger partial charge in [0.1, 0.15) is 0 Å². The Kier molecular flexibility index (Phi) is 8.10. The van der Waals surface area contributed by atoms with Gasteiger partial charge < -0.3 is 5.32 Å². The molecule has 0 saturated carbocycles. The summed E-state index contributed by atoms with van der Waals surface area (Å²) in [6, 6.07) is 31.4. The van der Waals surface area contributed by atoms with E-state index in [1.165, 1.54) is 28.5 Å². The van der Waals surface area contributed by atoms with Gasteiger partial charge in [-0.2, -0.15) is 0 Å². The van der Waals surface area contributed by atoms with Crippen LogP contribution >= 0.6 is 11.8 Å². The fourth-order valence-electron chi connectivity index (χ4n) is 3.73. The Bertz CT molecular complexity index is 914. The van der Waals surface area contributed by atoms with Gasteiger partial charge in [0.2, 0.25) is 5.91 Å². The lowest BCUT2D eigenvalue weighted by molar-refractivity contribution is -0.120. The van der Waals surface area contributed by atoms with Crippen molar-refractivity contribution in [2.75, 3.05) is 6.54 Å². The fourth-order valence-corrected chi connectivity index (χ4v) is 4.18. The van der Waals surface area contributed by atoms with E-state index in [1.54, 1.807) is 5.41 Å². The molecule has 3 rings (SSSR count). The summed E-state index contributed by atoms with van der Waals surface area (Å²) in [6.07, 6.45) is 0.291. The molecule has 0 aliphatic rings. The molecule has 1 atom stereocenters. The van der Waals surface area contributed by atoms with E-state index in [2.05, 4.69) is 91.3 Å². The van der Waals surface area contributed by atoms with Crippen LogP contribution in [0, 0.1) is 0 Å². The van der Waals surface area contributed by atoms with Crippen LogP contribution in [0.5, 0.6) is 0 Å². The van der Waals surface area contributed by atoms with Crippen molar-refractivity contribution in [2.24, 2.45) is 0 Å². The Morgan fingerprint density at radius 1 is 0.833 bits per heavy atom. The van der Waals surface area contributed by atoms with Crippen LogP contribution in [-0.4, -0.2) is 12.5 Å². The Hall–Kier alpha value is -3.04. The minimum atomic E-state index is -0.0184. The average molecular weight is 414 g/mol. The van der Waals surface area contributed by atoms with Crippen molar-refractivity contribution >= 4 is 17.7 Å². The van der Waals surface area contributed by atoms with Gasteiger partial charge in [-0.15, -0.1) is 11.8 Å². The van der Waals surface area contributed by atoms with Gasteiger partial charge in [-0.3, -0.25) is 4.79 Å². The standard InChI is InChI=1S/C27H27NOS/c1-3-30-21(2)19-26(29)28-20-25(22-13-7-4-8-14-22)27(23-15-9-5-10-16-23)24-17-11-6-12-18-24/h3-18,25,27H,1-2,19-20H2,(H,28,29). The van der Waals surface area contributed by atoms with Crippen LogP contribution in [0.1, 0.15) is 34.9 Å². The lowest BCUT2D eigenvalue weighted by Gasteiger charge is -2.29. The van der Waals surface area contributed by atoms with E-state index in [1.807, 2.05) is 18.2 Å². The minimum Gasteiger partial charge on any atom is -0.355 e. The molecular formula is C27H27NOS. The third kappa shape index (κ3) is 5.98. The van der Waals surface area contributed by atoms with Crippen LogP contribution in [0.15, 0.2) is 114 Å². The first kappa shape index (κ1) is 21.7. The molecule has 3 aromatic rings. The number of benzene rings is 3. The van der Waals surface area contributed by atoms with Crippen molar-refractivity contribution < 1.29 is 4.79 Å². The molecule has 3 aromatic carbocycles. The number of rotatable bonds is 10. The zero-order valence-electron chi connectivity index (χ0n) is 17.0. The van der Waals surface area contributed by atoms with E-state index in [0.717, 1.165) is 4.91 Å². The van der Waals surface area contributed by atoms with E-state index >= 15 is 0 Å². The molecule has 0 bridgehead atoms. The van der Waals surface area contributed by atoms with Crippen LogP contribution in [-0.2, 0) is 4.79 Å². The predicted octanol–water partition coefficient (Wildman–Crippen LogP) is 6.50. The minimum absolute atomic E-state index is 0.0184. The molecule has 30 heavy (non-hydrogen) atoms. The van der Waals surface area contributed by atoms with Gasteiger partial charge in [-0.25, -0.2) is 0 Å². The molecule has 2 nitrogen and oxygen atoms in total. The quantitative estimate of drug-likeness (QED) is 0.411. The zero-order valence-corrected chi connectivity index (χ0v) is 17.9. The third-order valence-electron chi connectivity index (χ3n) is 5.07. The lowest BCUT2D eigenvalue weighted by Crippen LogP contribution is -2.31. The number of hydrogen-bond donors (Lipinski definition) is 1. The highest BCUT2D eigenvalue weighted by molar-refractivity contribution is 8.05. The van der Waals surface area contributed by atoms with Crippen LogP contribution in [0.25, 0.3) is 0 Å². The number of amides is 1. The lowest BCUT2D eigenvalue weighted by atomic mass is 9.77. The summed E-state index contributed by atoms with van der Waals surface area (Å²) in [7, 11) is 0. The van der Waals surface area contributed by atoms with Gasteiger partial charge >= 0.3 is 0 Å². The first-order chi connectivity index (χ1) is 14.7. The van der Waals surface area contributed by atoms with Crippen LogP contribution in [0.4, 0.5) is 0 Å². The van der Waals surface area contributed by atoms with E-state index < -0.39 is 0 Å². The second-order valence-electron chi connectivity index (χ2n) is 7.12. The molecule has 0 aliphatic heterocycles. The Morgan fingerprint density at radius 2 is 1.30 bits per heavy atom. The largest absolute Gasteiger partial charge is 0.355 e. The highest BCUT2D eigenvalue weighted by Gasteiger charge is 2.27. The van der Waals surface area contributed by atoms with Gasteiger partial charge in [0, 0.05) is 18.4 Å². The highest BCUT2D eigenvalue weighted by Crippen LogP contribution is 2.38. The summed E-state index contributed by atoms with van der Waals surface area (Å²) in [4.78, 5) is 13.3. The topological polar surface area (TPSA) is 29.1 Å². The van der Waals surface area contributed by atoms with E-state index in [9.17, 15) is 4.79 Å². The molecule has 0 aliphatic carbocycles. The first-order valence-electron chi connectivity index (χ1n) is 10.1. The Morgan fingerprint density at radius 3 is 1.77 bits per heavy atom. The monoisotopic (exact) mass is 413 g/mol. The van der Waals surface area contributed by atoms with E-state index in [0.29, 0.717) is 13.0 Å².